The van der Waals surface area contributed by atoms with Crippen molar-refractivity contribution in [2.75, 3.05) is 0 Å². The molecular formula is C13H10F3NO. The van der Waals surface area contributed by atoms with Gasteiger partial charge in [-0.3, -0.25) is 4.79 Å². The summed E-state index contributed by atoms with van der Waals surface area (Å²) in [5, 5.41) is 0.852. The quantitative estimate of drug-likeness (QED) is 0.779. The summed E-state index contributed by atoms with van der Waals surface area (Å²) in [5.74, 6) is -0.585. The molecule has 1 aromatic heterocycles. The number of carbonyl (C=O) groups is 1. The number of pyridine rings is 1. The van der Waals surface area contributed by atoms with Gasteiger partial charge < -0.3 is 0 Å². The Hall–Kier alpha value is -1.91. The lowest BCUT2D eigenvalue weighted by Crippen LogP contribution is -2.11. The number of carbonyl (C=O) groups excluding carboxylic acids is 1. The molecule has 1 aromatic carbocycles. The van der Waals surface area contributed by atoms with Crippen LogP contribution in [-0.2, 0) is 0 Å². The predicted octanol–water partition coefficient (Wildman–Crippen LogP) is 3.76. The van der Waals surface area contributed by atoms with Crippen LogP contribution in [0.2, 0.25) is 0 Å². The van der Waals surface area contributed by atoms with E-state index in [1.54, 1.807) is 18.2 Å². The maximum Gasteiger partial charge on any atom is 0.389 e. The highest BCUT2D eigenvalue weighted by molar-refractivity contribution is 5.96. The third-order valence-corrected chi connectivity index (χ3v) is 2.52. The average Bonchev–Trinajstić information content (AvgIpc) is 2.34. The first kappa shape index (κ1) is 12.5. The van der Waals surface area contributed by atoms with Crippen LogP contribution in [0.5, 0.6) is 0 Å². The van der Waals surface area contributed by atoms with Crippen molar-refractivity contribution in [3.8, 4) is 0 Å². The van der Waals surface area contributed by atoms with Crippen LogP contribution < -0.4 is 0 Å². The van der Waals surface area contributed by atoms with Gasteiger partial charge in [-0.05, 0) is 12.1 Å². The van der Waals surface area contributed by atoms with Crippen molar-refractivity contribution in [3.63, 3.8) is 0 Å². The molecule has 18 heavy (non-hydrogen) atoms. The predicted molar refractivity (Wildman–Crippen MR) is 61.4 cm³/mol. The molecule has 0 bridgehead atoms. The average molecular weight is 253 g/mol. The van der Waals surface area contributed by atoms with Gasteiger partial charge in [0.05, 0.1) is 11.9 Å². The second-order valence-corrected chi connectivity index (χ2v) is 3.93. The number of fused-ring (bicyclic) bond motifs is 1. The van der Waals surface area contributed by atoms with E-state index >= 15 is 0 Å². The fraction of sp³-hybridized carbons (Fsp3) is 0.231. The largest absolute Gasteiger partial charge is 0.389 e. The molecule has 0 amide bonds. The van der Waals surface area contributed by atoms with E-state index in [0.717, 1.165) is 5.39 Å². The zero-order valence-corrected chi connectivity index (χ0v) is 9.37. The Labute approximate surface area is 101 Å². The first-order chi connectivity index (χ1) is 8.46. The van der Waals surface area contributed by atoms with E-state index in [4.69, 9.17) is 0 Å². The molecule has 0 aliphatic rings. The van der Waals surface area contributed by atoms with Gasteiger partial charge in [-0.15, -0.1) is 0 Å². The number of hydrogen-bond acceptors (Lipinski definition) is 2. The van der Waals surface area contributed by atoms with Crippen LogP contribution in [0.4, 0.5) is 13.2 Å². The zero-order valence-electron chi connectivity index (χ0n) is 9.37. The Balaban J connectivity index is 2.18. The number of para-hydroxylation sites is 1. The van der Waals surface area contributed by atoms with Gasteiger partial charge in [0, 0.05) is 11.8 Å². The summed E-state index contributed by atoms with van der Waals surface area (Å²) >= 11 is 0. The van der Waals surface area contributed by atoms with E-state index in [1.165, 1.54) is 6.07 Å². The number of ketones is 1. The summed E-state index contributed by atoms with van der Waals surface area (Å²) in [6.07, 6.45) is -5.98. The van der Waals surface area contributed by atoms with E-state index in [1.807, 2.05) is 12.1 Å². The maximum absolute atomic E-state index is 12.0. The van der Waals surface area contributed by atoms with Crippen molar-refractivity contribution >= 4 is 16.7 Å². The minimum absolute atomic E-state index is 0.0814. The van der Waals surface area contributed by atoms with Crippen LogP contribution >= 0.6 is 0 Å². The van der Waals surface area contributed by atoms with Gasteiger partial charge >= 0.3 is 6.18 Å². The fourth-order valence-electron chi connectivity index (χ4n) is 1.60. The van der Waals surface area contributed by atoms with Crippen LogP contribution in [0.15, 0.2) is 36.4 Å². The number of Topliss-reactive ketones (excluding diaryl/α,β-unsaturated/α-hetero) is 1. The van der Waals surface area contributed by atoms with Crippen molar-refractivity contribution in [3.05, 3.63) is 42.1 Å². The number of benzene rings is 1. The van der Waals surface area contributed by atoms with E-state index in [9.17, 15) is 18.0 Å². The van der Waals surface area contributed by atoms with Gasteiger partial charge in [0.15, 0.2) is 5.78 Å². The van der Waals surface area contributed by atoms with Crippen LogP contribution in [0, 0.1) is 0 Å². The normalized spacial score (nSPS) is 11.7. The van der Waals surface area contributed by atoms with Gasteiger partial charge in [0.25, 0.3) is 0 Å². The summed E-state index contributed by atoms with van der Waals surface area (Å²) in [5.41, 5.74) is 0.688. The molecule has 0 saturated heterocycles. The Morgan fingerprint density at radius 1 is 1.11 bits per heavy atom. The molecule has 94 valence electrons. The second-order valence-electron chi connectivity index (χ2n) is 3.93. The van der Waals surface area contributed by atoms with Gasteiger partial charge in [-0.1, -0.05) is 24.3 Å². The number of nitrogens with zero attached hydrogens (tertiary/aromatic N) is 1. The number of halogens is 3. The number of alkyl halides is 3. The summed E-state index contributed by atoms with van der Waals surface area (Å²) in [6.45, 7) is 0. The fourth-order valence-corrected chi connectivity index (χ4v) is 1.60. The molecule has 0 fully saturated rings. The van der Waals surface area contributed by atoms with Crippen molar-refractivity contribution in [2.45, 2.75) is 19.0 Å². The first-order valence-corrected chi connectivity index (χ1v) is 5.41. The van der Waals surface area contributed by atoms with E-state index < -0.39 is 24.8 Å². The lowest BCUT2D eigenvalue weighted by molar-refractivity contribution is -0.133. The van der Waals surface area contributed by atoms with E-state index in [0.29, 0.717) is 5.52 Å². The molecule has 0 atom stereocenters. The molecule has 0 N–H and O–H groups in total. The van der Waals surface area contributed by atoms with Crippen molar-refractivity contribution in [1.82, 2.24) is 4.98 Å². The van der Waals surface area contributed by atoms with Crippen LogP contribution in [0.3, 0.4) is 0 Å². The monoisotopic (exact) mass is 253 g/mol. The van der Waals surface area contributed by atoms with Crippen LogP contribution in [0.25, 0.3) is 10.9 Å². The minimum Gasteiger partial charge on any atom is -0.292 e. The molecule has 0 spiro atoms. The van der Waals surface area contributed by atoms with Crippen molar-refractivity contribution in [2.24, 2.45) is 0 Å². The molecule has 0 radical (unpaired) electrons. The summed E-state index contributed by atoms with van der Waals surface area (Å²) in [7, 11) is 0. The zero-order chi connectivity index (χ0) is 13.2. The number of aromatic nitrogens is 1. The molecule has 2 aromatic rings. The number of rotatable bonds is 3. The molecule has 5 heteroatoms. The summed E-state index contributed by atoms with van der Waals surface area (Å²) in [4.78, 5) is 15.6. The molecule has 0 unspecified atom stereocenters. The lowest BCUT2D eigenvalue weighted by Gasteiger charge is -2.05. The maximum atomic E-state index is 12.0. The highest BCUT2D eigenvalue weighted by Crippen LogP contribution is 2.22. The molecule has 0 aliphatic heterocycles. The first-order valence-electron chi connectivity index (χ1n) is 5.41. The topological polar surface area (TPSA) is 30.0 Å². The lowest BCUT2D eigenvalue weighted by atomic mass is 10.1. The Morgan fingerprint density at radius 3 is 2.56 bits per heavy atom. The Bertz CT molecular complexity index is 578. The molecule has 0 saturated carbocycles. The SMILES string of the molecule is O=C(CCC(F)(F)F)c1ccc2ccccc2n1. The third kappa shape index (κ3) is 3.06. The van der Waals surface area contributed by atoms with Crippen molar-refractivity contribution < 1.29 is 18.0 Å². The Morgan fingerprint density at radius 2 is 1.83 bits per heavy atom. The molecule has 1 heterocycles. The standard InChI is InChI=1S/C13H10F3NO/c14-13(15,16)8-7-12(18)11-6-5-9-3-1-2-4-10(9)17-11/h1-6H,7-8H2. The van der Waals surface area contributed by atoms with Crippen LogP contribution in [0.1, 0.15) is 23.3 Å². The van der Waals surface area contributed by atoms with Gasteiger partial charge in [-0.2, -0.15) is 13.2 Å². The summed E-state index contributed by atoms with van der Waals surface area (Å²) < 4.78 is 36.0. The van der Waals surface area contributed by atoms with Crippen molar-refractivity contribution in [1.29, 1.82) is 0 Å². The summed E-state index contributed by atoms with van der Waals surface area (Å²) in [6, 6.07) is 10.3. The van der Waals surface area contributed by atoms with E-state index in [-0.39, 0.29) is 5.69 Å². The molecule has 0 aliphatic carbocycles. The van der Waals surface area contributed by atoms with Gasteiger partial charge in [0.1, 0.15) is 5.69 Å². The third-order valence-electron chi connectivity index (χ3n) is 2.52. The Kier molecular flexibility index (Phi) is 3.32. The molecular weight excluding hydrogens is 243 g/mol. The highest BCUT2D eigenvalue weighted by Gasteiger charge is 2.28. The van der Waals surface area contributed by atoms with Gasteiger partial charge in [0.2, 0.25) is 0 Å². The minimum atomic E-state index is -4.31. The van der Waals surface area contributed by atoms with Crippen LogP contribution in [-0.4, -0.2) is 16.9 Å². The molecule has 2 rings (SSSR count). The number of hydrogen-bond donors (Lipinski definition) is 0. The van der Waals surface area contributed by atoms with Gasteiger partial charge in [-0.25, -0.2) is 4.98 Å². The van der Waals surface area contributed by atoms with E-state index in [2.05, 4.69) is 4.98 Å². The smallest absolute Gasteiger partial charge is 0.292 e. The highest BCUT2D eigenvalue weighted by atomic mass is 19.4. The molecule has 2 nitrogen and oxygen atoms in total. The second kappa shape index (κ2) is 4.76.